The Morgan fingerprint density at radius 3 is 1.97 bits per heavy atom. The van der Waals surface area contributed by atoms with Crippen LogP contribution in [0.2, 0.25) is 15.1 Å². The highest BCUT2D eigenvalue weighted by Crippen LogP contribution is 2.29. The summed E-state index contributed by atoms with van der Waals surface area (Å²) in [4.78, 5) is 37.8. The molecule has 0 fully saturated rings. The SMILES string of the molecule is O=C(O)c1ccc(-n2c(=O)n(C(=O)c3c(Cl)cccc3Cl)c3cccc(Cl)c32)cc1. The van der Waals surface area contributed by atoms with Crippen LogP contribution in [0, 0.1) is 0 Å². The number of rotatable bonds is 3. The molecule has 1 heterocycles. The van der Waals surface area contributed by atoms with Crippen LogP contribution in [0.5, 0.6) is 0 Å². The largest absolute Gasteiger partial charge is 0.478 e. The maximum atomic E-state index is 13.3. The summed E-state index contributed by atoms with van der Waals surface area (Å²) in [5.41, 5.74) is 0.255. The van der Waals surface area contributed by atoms with Gasteiger partial charge < -0.3 is 5.11 Å². The Morgan fingerprint density at radius 1 is 0.800 bits per heavy atom. The van der Waals surface area contributed by atoms with Crippen molar-refractivity contribution in [1.82, 2.24) is 9.13 Å². The lowest BCUT2D eigenvalue weighted by atomic mass is 10.2. The number of carbonyl (C=O) groups excluding carboxylic acids is 1. The molecule has 1 N–H and O–H groups in total. The third-order valence-corrected chi connectivity index (χ3v) is 5.50. The first kappa shape index (κ1) is 20.2. The molecular weight excluding hydrogens is 451 g/mol. The minimum absolute atomic E-state index is 0.0109. The van der Waals surface area contributed by atoms with Crippen molar-refractivity contribution in [3.05, 3.63) is 97.3 Å². The van der Waals surface area contributed by atoms with E-state index in [0.29, 0.717) is 11.2 Å². The van der Waals surface area contributed by atoms with Gasteiger partial charge in [-0.15, -0.1) is 0 Å². The number of aromatic carboxylic acids is 1. The maximum Gasteiger partial charge on any atom is 0.340 e. The fourth-order valence-electron chi connectivity index (χ4n) is 3.21. The van der Waals surface area contributed by atoms with Gasteiger partial charge in [-0.1, -0.05) is 46.9 Å². The Balaban J connectivity index is 2.03. The number of hydrogen-bond acceptors (Lipinski definition) is 3. The van der Waals surface area contributed by atoms with E-state index in [1.807, 2.05) is 0 Å². The second-order valence-electron chi connectivity index (χ2n) is 6.31. The van der Waals surface area contributed by atoms with Crippen LogP contribution >= 0.6 is 34.8 Å². The summed E-state index contributed by atoms with van der Waals surface area (Å²) in [5, 5.41) is 9.56. The molecule has 0 aliphatic heterocycles. The molecule has 0 aliphatic rings. The average molecular weight is 462 g/mol. The van der Waals surface area contributed by atoms with Crippen molar-refractivity contribution in [3.8, 4) is 5.69 Å². The van der Waals surface area contributed by atoms with Crippen LogP contribution < -0.4 is 5.69 Å². The Hall–Kier alpha value is -3.06. The average Bonchev–Trinajstić information content (AvgIpc) is 3.01. The molecule has 30 heavy (non-hydrogen) atoms. The predicted molar refractivity (Wildman–Crippen MR) is 116 cm³/mol. The smallest absolute Gasteiger partial charge is 0.340 e. The van der Waals surface area contributed by atoms with Crippen molar-refractivity contribution in [2.45, 2.75) is 0 Å². The van der Waals surface area contributed by atoms with E-state index >= 15 is 0 Å². The van der Waals surface area contributed by atoms with E-state index in [-0.39, 0.29) is 31.7 Å². The number of fused-ring (bicyclic) bond motifs is 1. The van der Waals surface area contributed by atoms with E-state index in [1.54, 1.807) is 24.3 Å². The molecule has 0 atom stereocenters. The zero-order valence-corrected chi connectivity index (χ0v) is 17.2. The van der Waals surface area contributed by atoms with Gasteiger partial charge in [0.05, 0.1) is 42.9 Å². The third-order valence-electron chi connectivity index (χ3n) is 4.56. The molecule has 6 nitrogen and oxygen atoms in total. The Labute approximate surface area is 184 Å². The molecule has 1 aromatic heterocycles. The summed E-state index contributed by atoms with van der Waals surface area (Å²) in [6.45, 7) is 0. The number of carboxylic acid groups (broad SMARTS) is 1. The molecule has 0 saturated heterocycles. The summed E-state index contributed by atoms with van der Waals surface area (Å²) in [6.07, 6.45) is 0. The standard InChI is InChI=1S/C21H11Cl3N2O4/c22-13-3-1-4-14(23)17(13)19(27)26-16-6-2-5-15(24)18(16)25(21(26)30)12-9-7-11(8-10-12)20(28)29/h1-10H,(H,28,29). The summed E-state index contributed by atoms with van der Waals surface area (Å²) in [6, 6.07) is 15.0. The number of hydrogen-bond donors (Lipinski definition) is 1. The van der Waals surface area contributed by atoms with E-state index < -0.39 is 17.6 Å². The van der Waals surface area contributed by atoms with Crippen molar-refractivity contribution < 1.29 is 14.7 Å². The minimum atomic E-state index is -1.10. The van der Waals surface area contributed by atoms with E-state index in [2.05, 4.69) is 0 Å². The molecule has 0 radical (unpaired) electrons. The minimum Gasteiger partial charge on any atom is -0.478 e. The Kier molecular flexibility index (Phi) is 5.15. The predicted octanol–water partition coefficient (Wildman–Crippen LogP) is 5.14. The van der Waals surface area contributed by atoms with Crippen molar-refractivity contribution in [2.75, 3.05) is 0 Å². The Bertz CT molecular complexity index is 1370. The number of nitrogens with zero attached hydrogens (tertiary/aromatic N) is 2. The van der Waals surface area contributed by atoms with E-state index in [1.165, 1.54) is 41.0 Å². The summed E-state index contributed by atoms with van der Waals surface area (Å²) in [7, 11) is 0. The zero-order valence-electron chi connectivity index (χ0n) is 15.0. The molecule has 4 aromatic rings. The van der Waals surface area contributed by atoms with Crippen molar-refractivity contribution in [2.24, 2.45) is 0 Å². The maximum absolute atomic E-state index is 13.3. The first-order valence-corrected chi connectivity index (χ1v) is 9.69. The van der Waals surface area contributed by atoms with Crippen LogP contribution in [0.15, 0.2) is 65.5 Å². The van der Waals surface area contributed by atoms with Gasteiger partial charge in [-0.3, -0.25) is 9.36 Å². The van der Waals surface area contributed by atoms with Gasteiger partial charge in [-0.2, -0.15) is 0 Å². The number of carbonyl (C=O) groups is 2. The first-order chi connectivity index (χ1) is 14.3. The molecule has 0 spiro atoms. The van der Waals surface area contributed by atoms with E-state index in [9.17, 15) is 14.4 Å². The van der Waals surface area contributed by atoms with Gasteiger partial charge in [-0.25, -0.2) is 14.2 Å². The summed E-state index contributed by atoms with van der Waals surface area (Å²) < 4.78 is 2.19. The van der Waals surface area contributed by atoms with Crippen LogP contribution in [-0.4, -0.2) is 26.1 Å². The van der Waals surface area contributed by atoms with Crippen molar-refractivity contribution >= 4 is 57.7 Å². The van der Waals surface area contributed by atoms with Gasteiger partial charge in [0.25, 0.3) is 5.91 Å². The number of para-hydroxylation sites is 1. The van der Waals surface area contributed by atoms with Gasteiger partial charge in [0.15, 0.2) is 0 Å². The van der Waals surface area contributed by atoms with Crippen LogP contribution in [0.3, 0.4) is 0 Å². The lowest BCUT2D eigenvalue weighted by Crippen LogP contribution is -2.29. The molecular formula is C21H11Cl3N2O4. The molecule has 0 amide bonds. The lowest BCUT2D eigenvalue weighted by Gasteiger charge is -2.06. The highest BCUT2D eigenvalue weighted by Gasteiger charge is 2.25. The number of halogens is 3. The van der Waals surface area contributed by atoms with Gasteiger partial charge >= 0.3 is 11.7 Å². The van der Waals surface area contributed by atoms with Gasteiger partial charge in [0, 0.05) is 0 Å². The fourth-order valence-corrected chi connectivity index (χ4v) is 4.02. The van der Waals surface area contributed by atoms with Crippen molar-refractivity contribution in [1.29, 1.82) is 0 Å². The monoisotopic (exact) mass is 460 g/mol. The zero-order chi connectivity index (χ0) is 21.6. The fraction of sp³-hybridized carbons (Fsp3) is 0. The Morgan fingerprint density at radius 2 is 1.37 bits per heavy atom. The van der Waals surface area contributed by atoms with Crippen LogP contribution in [0.4, 0.5) is 0 Å². The third kappa shape index (κ3) is 3.19. The molecule has 9 heteroatoms. The molecule has 150 valence electrons. The molecule has 0 unspecified atom stereocenters. The quantitative estimate of drug-likeness (QED) is 0.458. The van der Waals surface area contributed by atoms with E-state index in [4.69, 9.17) is 39.9 Å². The van der Waals surface area contributed by atoms with Gasteiger partial charge in [0.2, 0.25) is 0 Å². The second-order valence-corrected chi connectivity index (χ2v) is 7.54. The van der Waals surface area contributed by atoms with Crippen LogP contribution in [0.25, 0.3) is 16.7 Å². The molecule has 4 rings (SSSR count). The highest BCUT2D eigenvalue weighted by molar-refractivity contribution is 6.40. The van der Waals surface area contributed by atoms with Crippen LogP contribution in [-0.2, 0) is 0 Å². The first-order valence-electron chi connectivity index (χ1n) is 8.55. The highest BCUT2D eigenvalue weighted by atomic mass is 35.5. The number of benzene rings is 3. The van der Waals surface area contributed by atoms with E-state index in [0.717, 1.165) is 4.57 Å². The summed E-state index contributed by atoms with van der Waals surface area (Å²) >= 11 is 18.7. The number of carboxylic acids is 1. The molecule has 0 aliphatic carbocycles. The second kappa shape index (κ2) is 7.65. The molecule has 0 saturated carbocycles. The van der Waals surface area contributed by atoms with Gasteiger partial charge in [-0.05, 0) is 48.5 Å². The van der Waals surface area contributed by atoms with Gasteiger partial charge in [0.1, 0.15) is 0 Å². The molecule has 3 aromatic carbocycles. The lowest BCUT2D eigenvalue weighted by molar-refractivity contribution is 0.0696. The van der Waals surface area contributed by atoms with Crippen molar-refractivity contribution in [3.63, 3.8) is 0 Å². The number of imidazole rings is 1. The topological polar surface area (TPSA) is 81.3 Å². The van der Waals surface area contributed by atoms with Crippen LogP contribution in [0.1, 0.15) is 20.7 Å². The molecule has 0 bridgehead atoms. The normalized spacial score (nSPS) is 11.0. The summed E-state index contributed by atoms with van der Waals surface area (Å²) in [5.74, 6) is -1.80. The number of aromatic nitrogens is 2.